The second-order valence-electron chi connectivity index (χ2n) is 4.24. The highest BCUT2D eigenvalue weighted by Crippen LogP contribution is 2.25. The van der Waals surface area contributed by atoms with Crippen LogP contribution < -0.4 is 0 Å². The van der Waals surface area contributed by atoms with Crippen LogP contribution >= 0.6 is 11.6 Å². The summed E-state index contributed by atoms with van der Waals surface area (Å²) in [6.07, 6.45) is 0. The molecular formula is C13H14ClN3O3. The van der Waals surface area contributed by atoms with Crippen LogP contribution in [0.15, 0.2) is 28.8 Å². The second kappa shape index (κ2) is 6.49. The molecule has 1 aromatic carbocycles. The number of carbonyl (C=O) groups is 1. The van der Waals surface area contributed by atoms with E-state index in [1.54, 1.807) is 24.1 Å². The molecule has 2 aromatic rings. The number of likely N-dealkylation sites (N-methyl/N-ethyl adjacent to an activating group) is 1. The third kappa shape index (κ3) is 3.55. The van der Waals surface area contributed by atoms with Crippen molar-refractivity contribution in [3.8, 4) is 11.5 Å². The Kier molecular flexibility index (Phi) is 4.70. The van der Waals surface area contributed by atoms with Crippen LogP contribution in [0, 0.1) is 0 Å². The molecule has 20 heavy (non-hydrogen) atoms. The van der Waals surface area contributed by atoms with Crippen LogP contribution in [0.3, 0.4) is 0 Å². The molecular weight excluding hydrogens is 282 g/mol. The van der Waals surface area contributed by atoms with Gasteiger partial charge in [0.25, 0.3) is 5.89 Å². The van der Waals surface area contributed by atoms with Crippen LogP contribution in [0.4, 0.5) is 0 Å². The number of ether oxygens (including phenoxy) is 1. The third-order valence-corrected chi connectivity index (χ3v) is 2.94. The van der Waals surface area contributed by atoms with Crippen molar-refractivity contribution >= 4 is 17.6 Å². The summed E-state index contributed by atoms with van der Waals surface area (Å²) >= 11 is 6.06. The van der Waals surface area contributed by atoms with E-state index in [-0.39, 0.29) is 12.5 Å². The molecule has 0 atom stereocenters. The fourth-order valence-corrected chi connectivity index (χ4v) is 1.86. The second-order valence-corrected chi connectivity index (χ2v) is 4.65. The van der Waals surface area contributed by atoms with Gasteiger partial charge in [0.2, 0.25) is 0 Å². The van der Waals surface area contributed by atoms with E-state index in [9.17, 15) is 4.79 Å². The van der Waals surface area contributed by atoms with Crippen molar-refractivity contribution in [1.82, 2.24) is 15.0 Å². The minimum atomic E-state index is -0.317. The molecule has 0 N–H and O–H groups in total. The van der Waals surface area contributed by atoms with Crippen molar-refractivity contribution in [2.24, 2.45) is 0 Å². The molecule has 0 aliphatic rings. The van der Waals surface area contributed by atoms with Crippen LogP contribution in [-0.4, -0.2) is 41.7 Å². The Balaban J connectivity index is 2.06. The van der Waals surface area contributed by atoms with Gasteiger partial charge in [-0.25, -0.2) is 0 Å². The highest BCUT2D eigenvalue weighted by molar-refractivity contribution is 6.33. The monoisotopic (exact) mass is 295 g/mol. The molecule has 0 saturated heterocycles. The molecule has 0 fully saturated rings. The Bertz CT molecular complexity index is 600. The number of esters is 1. The van der Waals surface area contributed by atoms with Crippen molar-refractivity contribution in [3.05, 3.63) is 35.1 Å². The number of halogens is 1. The molecule has 106 valence electrons. The molecule has 7 heteroatoms. The van der Waals surface area contributed by atoms with E-state index in [1.165, 1.54) is 7.11 Å². The lowest BCUT2D eigenvalue weighted by molar-refractivity contribution is -0.141. The van der Waals surface area contributed by atoms with Gasteiger partial charge >= 0.3 is 5.97 Å². The van der Waals surface area contributed by atoms with Crippen molar-refractivity contribution in [2.45, 2.75) is 6.54 Å². The smallest absolute Gasteiger partial charge is 0.319 e. The molecule has 0 amide bonds. The summed E-state index contributed by atoms with van der Waals surface area (Å²) in [7, 11) is 3.11. The normalized spacial score (nSPS) is 10.8. The van der Waals surface area contributed by atoms with Crippen LogP contribution in [0.2, 0.25) is 5.02 Å². The fraction of sp³-hybridized carbons (Fsp3) is 0.308. The van der Waals surface area contributed by atoms with E-state index in [0.29, 0.717) is 28.8 Å². The third-order valence-electron chi connectivity index (χ3n) is 2.61. The molecule has 0 radical (unpaired) electrons. The number of hydrogen-bond acceptors (Lipinski definition) is 6. The van der Waals surface area contributed by atoms with Crippen molar-refractivity contribution in [2.75, 3.05) is 20.7 Å². The number of carbonyl (C=O) groups excluding carboxylic acids is 1. The first kappa shape index (κ1) is 14.5. The largest absolute Gasteiger partial charge is 0.468 e. The Morgan fingerprint density at radius 1 is 1.45 bits per heavy atom. The van der Waals surface area contributed by atoms with Crippen molar-refractivity contribution < 1.29 is 14.1 Å². The highest BCUT2D eigenvalue weighted by atomic mass is 35.5. The van der Waals surface area contributed by atoms with Crippen LogP contribution in [0.5, 0.6) is 0 Å². The number of hydrogen-bond donors (Lipinski definition) is 0. The highest BCUT2D eigenvalue weighted by Gasteiger charge is 2.14. The molecule has 0 aliphatic carbocycles. The number of aromatic nitrogens is 2. The van der Waals surface area contributed by atoms with E-state index < -0.39 is 0 Å². The summed E-state index contributed by atoms with van der Waals surface area (Å²) in [5.41, 5.74) is 0.684. The first-order valence-corrected chi connectivity index (χ1v) is 6.31. The molecule has 2 rings (SSSR count). The van der Waals surface area contributed by atoms with Crippen LogP contribution in [0.1, 0.15) is 5.82 Å². The lowest BCUT2D eigenvalue weighted by Crippen LogP contribution is -2.26. The van der Waals surface area contributed by atoms with Gasteiger partial charge in [0, 0.05) is 0 Å². The Morgan fingerprint density at radius 3 is 2.90 bits per heavy atom. The Labute approximate surface area is 121 Å². The van der Waals surface area contributed by atoms with Gasteiger partial charge in [0.05, 0.1) is 30.8 Å². The minimum absolute atomic E-state index is 0.159. The average molecular weight is 296 g/mol. The lowest BCUT2D eigenvalue weighted by Gasteiger charge is -2.11. The first-order valence-electron chi connectivity index (χ1n) is 5.93. The van der Waals surface area contributed by atoms with E-state index in [2.05, 4.69) is 14.9 Å². The van der Waals surface area contributed by atoms with Gasteiger partial charge in [0.15, 0.2) is 5.82 Å². The topological polar surface area (TPSA) is 68.5 Å². The molecule has 0 aliphatic heterocycles. The van der Waals surface area contributed by atoms with Gasteiger partial charge in [-0.2, -0.15) is 4.98 Å². The van der Waals surface area contributed by atoms with Gasteiger partial charge < -0.3 is 9.26 Å². The summed E-state index contributed by atoms with van der Waals surface area (Å²) in [5.74, 6) is 0.519. The quantitative estimate of drug-likeness (QED) is 0.786. The molecule has 1 heterocycles. The summed E-state index contributed by atoms with van der Waals surface area (Å²) in [6, 6.07) is 7.23. The maximum Gasteiger partial charge on any atom is 0.319 e. The average Bonchev–Trinajstić information content (AvgIpc) is 2.87. The lowest BCUT2D eigenvalue weighted by atomic mass is 10.2. The van der Waals surface area contributed by atoms with Gasteiger partial charge in [-0.3, -0.25) is 9.69 Å². The maximum absolute atomic E-state index is 11.1. The predicted octanol–water partition coefficient (Wildman–Crippen LogP) is 1.99. The summed E-state index contributed by atoms with van der Waals surface area (Å²) in [5, 5.41) is 4.42. The van der Waals surface area contributed by atoms with Crippen molar-refractivity contribution in [3.63, 3.8) is 0 Å². The zero-order chi connectivity index (χ0) is 14.5. The van der Waals surface area contributed by atoms with E-state index in [0.717, 1.165) is 0 Å². The molecule has 0 saturated carbocycles. The Morgan fingerprint density at radius 2 is 2.20 bits per heavy atom. The number of nitrogens with zero attached hydrogens (tertiary/aromatic N) is 3. The Hall–Kier alpha value is -1.92. The van der Waals surface area contributed by atoms with E-state index in [4.69, 9.17) is 16.1 Å². The van der Waals surface area contributed by atoms with E-state index in [1.807, 2.05) is 12.1 Å². The standard InChI is InChI=1S/C13H14ClN3O3/c1-17(8-12(18)19-2)7-11-15-13(20-16-11)9-5-3-4-6-10(9)14/h3-6H,7-8H2,1-2H3. The summed E-state index contributed by atoms with van der Waals surface area (Å²) in [6.45, 7) is 0.537. The zero-order valence-electron chi connectivity index (χ0n) is 11.2. The molecule has 0 spiro atoms. The molecule has 0 bridgehead atoms. The minimum Gasteiger partial charge on any atom is -0.468 e. The van der Waals surface area contributed by atoms with Crippen molar-refractivity contribution in [1.29, 1.82) is 0 Å². The molecule has 1 aromatic heterocycles. The first-order chi connectivity index (χ1) is 9.60. The maximum atomic E-state index is 11.1. The molecule has 0 unspecified atom stereocenters. The van der Waals surface area contributed by atoms with Gasteiger partial charge in [-0.15, -0.1) is 0 Å². The van der Waals surface area contributed by atoms with Gasteiger partial charge in [0.1, 0.15) is 0 Å². The zero-order valence-corrected chi connectivity index (χ0v) is 11.9. The van der Waals surface area contributed by atoms with Crippen LogP contribution in [-0.2, 0) is 16.1 Å². The van der Waals surface area contributed by atoms with Gasteiger partial charge in [-0.05, 0) is 19.2 Å². The number of methoxy groups -OCH3 is 1. The molecule has 6 nitrogen and oxygen atoms in total. The predicted molar refractivity (Wildman–Crippen MR) is 73.1 cm³/mol. The number of rotatable bonds is 5. The van der Waals surface area contributed by atoms with Gasteiger partial charge in [-0.1, -0.05) is 28.9 Å². The summed E-state index contributed by atoms with van der Waals surface area (Å²) < 4.78 is 9.76. The SMILES string of the molecule is COC(=O)CN(C)Cc1noc(-c2ccccc2Cl)n1. The number of benzene rings is 1. The summed E-state index contributed by atoms with van der Waals surface area (Å²) in [4.78, 5) is 17.1. The fourth-order valence-electron chi connectivity index (χ4n) is 1.64. The van der Waals surface area contributed by atoms with Crippen LogP contribution in [0.25, 0.3) is 11.5 Å². The van der Waals surface area contributed by atoms with E-state index >= 15 is 0 Å².